The van der Waals surface area contributed by atoms with Gasteiger partial charge in [0.1, 0.15) is 41.1 Å². The molecule has 3 aromatic heterocycles. The van der Waals surface area contributed by atoms with Gasteiger partial charge in [-0.1, -0.05) is 19.1 Å². The number of halogens is 3. The lowest BCUT2D eigenvalue weighted by molar-refractivity contribution is 0.0996. The summed E-state index contributed by atoms with van der Waals surface area (Å²) in [7, 11) is 0. The van der Waals surface area contributed by atoms with Crippen molar-refractivity contribution in [2.24, 2.45) is 11.1 Å². The number of ether oxygens (including phenoxy) is 1. The molecule has 1 amide bonds. The summed E-state index contributed by atoms with van der Waals surface area (Å²) in [6.07, 6.45) is 4.40. The van der Waals surface area contributed by atoms with Gasteiger partial charge >= 0.3 is 6.01 Å². The van der Waals surface area contributed by atoms with Crippen molar-refractivity contribution in [1.82, 2.24) is 24.5 Å². The van der Waals surface area contributed by atoms with E-state index in [4.69, 9.17) is 10.5 Å². The van der Waals surface area contributed by atoms with Crippen molar-refractivity contribution in [3.05, 3.63) is 100 Å². The third kappa shape index (κ3) is 5.79. The van der Waals surface area contributed by atoms with Crippen molar-refractivity contribution in [2.75, 3.05) is 0 Å². The normalized spacial score (nSPS) is 13.8. The van der Waals surface area contributed by atoms with Gasteiger partial charge in [0.15, 0.2) is 5.65 Å². The summed E-state index contributed by atoms with van der Waals surface area (Å²) in [5.74, 6) is -1.89. The van der Waals surface area contributed by atoms with Crippen molar-refractivity contribution >= 4 is 17.1 Å². The number of primary amides is 1. The second-order valence-electron chi connectivity index (χ2n) is 11.1. The number of carbonyl (C=O) groups is 1. The van der Waals surface area contributed by atoms with E-state index in [1.807, 2.05) is 4.57 Å². The highest BCUT2D eigenvalue weighted by molar-refractivity contribution is 5.92. The van der Waals surface area contributed by atoms with E-state index in [1.165, 1.54) is 24.4 Å². The van der Waals surface area contributed by atoms with Crippen LogP contribution >= 0.6 is 0 Å². The monoisotopic (exact) mass is 586 g/mol. The van der Waals surface area contributed by atoms with Crippen LogP contribution in [0.2, 0.25) is 0 Å². The van der Waals surface area contributed by atoms with Crippen LogP contribution in [-0.2, 0) is 19.6 Å². The number of nitrogens with two attached hydrogens (primary N) is 1. The number of rotatable bonds is 10. The fourth-order valence-corrected chi connectivity index (χ4v) is 5.18. The van der Waals surface area contributed by atoms with E-state index in [0.29, 0.717) is 29.1 Å². The Labute approximate surface area is 245 Å². The van der Waals surface area contributed by atoms with Gasteiger partial charge < -0.3 is 15.0 Å². The van der Waals surface area contributed by atoms with Crippen molar-refractivity contribution < 1.29 is 22.7 Å². The highest BCUT2D eigenvalue weighted by atomic mass is 19.1. The van der Waals surface area contributed by atoms with E-state index >= 15 is 8.78 Å². The summed E-state index contributed by atoms with van der Waals surface area (Å²) in [5.41, 5.74) is 7.93. The quantitative estimate of drug-likeness (QED) is 0.213. The van der Waals surface area contributed by atoms with E-state index in [2.05, 4.69) is 26.9 Å². The predicted octanol–water partition coefficient (Wildman–Crippen LogP) is 6.07. The molecule has 0 spiro atoms. The zero-order valence-corrected chi connectivity index (χ0v) is 23.7. The lowest BCUT2D eigenvalue weighted by Gasteiger charge is -2.17. The Balaban J connectivity index is 1.28. The number of benzene rings is 2. The summed E-state index contributed by atoms with van der Waals surface area (Å²) in [6.45, 7) is 4.37. The molecule has 11 heteroatoms. The first-order valence-electron chi connectivity index (χ1n) is 14.0. The van der Waals surface area contributed by atoms with E-state index in [-0.39, 0.29) is 47.0 Å². The van der Waals surface area contributed by atoms with Crippen molar-refractivity contribution in [2.45, 2.75) is 52.7 Å². The van der Waals surface area contributed by atoms with Gasteiger partial charge in [-0.05, 0) is 79.1 Å². The van der Waals surface area contributed by atoms with Crippen LogP contribution in [-0.4, -0.2) is 30.4 Å². The van der Waals surface area contributed by atoms with Crippen molar-refractivity contribution in [3.8, 4) is 17.3 Å². The molecular formula is C32H29F3N6O2. The van der Waals surface area contributed by atoms with Crippen molar-refractivity contribution in [3.63, 3.8) is 0 Å². The van der Waals surface area contributed by atoms with Crippen molar-refractivity contribution in [1.29, 1.82) is 0 Å². The first-order valence-corrected chi connectivity index (χ1v) is 14.0. The van der Waals surface area contributed by atoms with Crippen LogP contribution < -0.4 is 10.5 Å². The van der Waals surface area contributed by atoms with Gasteiger partial charge in [0.2, 0.25) is 0 Å². The number of pyridine rings is 1. The van der Waals surface area contributed by atoms with Crippen LogP contribution in [0.4, 0.5) is 13.2 Å². The zero-order valence-electron chi connectivity index (χ0n) is 23.7. The SMILES string of the molecule is CCC1(Cn2c(Cc3cc(F)c(-c4ccnc(OCc5ccc(C)cc5F)n4)cc3F)nc3ccc(C(N)=O)nc32)CC1. The fraction of sp³-hybridized carbons (Fsp3) is 0.281. The number of nitrogens with zero attached hydrogens (tertiary/aromatic N) is 5. The summed E-state index contributed by atoms with van der Waals surface area (Å²) in [5, 5.41) is 0. The van der Waals surface area contributed by atoms with Crippen LogP contribution in [0.15, 0.2) is 54.7 Å². The van der Waals surface area contributed by atoms with E-state index in [0.717, 1.165) is 37.0 Å². The van der Waals surface area contributed by atoms with E-state index in [1.54, 1.807) is 25.1 Å². The first-order chi connectivity index (χ1) is 20.6. The highest BCUT2D eigenvalue weighted by Crippen LogP contribution is 2.50. The molecule has 0 unspecified atom stereocenters. The Kier molecular flexibility index (Phi) is 7.33. The molecule has 1 aliphatic carbocycles. The number of aromatic nitrogens is 5. The van der Waals surface area contributed by atoms with Gasteiger partial charge in [0, 0.05) is 30.3 Å². The molecule has 0 aliphatic heterocycles. The average Bonchev–Trinajstić information content (AvgIpc) is 3.69. The average molecular weight is 587 g/mol. The number of fused-ring (bicyclic) bond motifs is 1. The van der Waals surface area contributed by atoms with Gasteiger partial charge in [-0.25, -0.2) is 28.1 Å². The van der Waals surface area contributed by atoms with Gasteiger partial charge in [0.25, 0.3) is 5.91 Å². The summed E-state index contributed by atoms with van der Waals surface area (Å²) in [4.78, 5) is 29.1. The van der Waals surface area contributed by atoms with Crippen LogP contribution in [0.25, 0.3) is 22.4 Å². The van der Waals surface area contributed by atoms with Crippen LogP contribution in [0, 0.1) is 29.8 Å². The number of imidazole rings is 1. The maximum Gasteiger partial charge on any atom is 0.317 e. The molecule has 0 radical (unpaired) electrons. The fourth-order valence-electron chi connectivity index (χ4n) is 5.18. The van der Waals surface area contributed by atoms with Gasteiger partial charge in [0.05, 0.1) is 5.69 Å². The zero-order chi connectivity index (χ0) is 30.3. The molecule has 3 heterocycles. The number of carbonyl (C=O) groups excluding carboxylic acids is 1. The molecule has 2 N–H and O–H groups in total. The van der Waals surface area contributed by atoms with Crippen LogP contribution in [0.5, 0.6) is 6.01 Å². The smallest absolute Gasteiger partial charge is 0.317 e. The summed E-state index contributed by atoms with van der Waals surface area (Å²) >= 11 is 0. The molecule has 6 rings (SSSR count). The minimum atomic E-state index is -0.686. The van der Waals surface area contributed by atoms with Crippen LogP contribution in [0.1, 0.15) is 59.2 Å². The highest BCUT2D eigenvalue weighted by Gasteiger charge is 2.41. The lowest BCUT2D eigenvalue weighted by atomic mass is 10.0. The van der Waals surface area contributed by atoms with E-state index in [9.17, 15) is 9.18 Å². The number of amides is 1. The third-order valence-corrected chi connectivity index (χ3v) is 8.08. The second kappa shape index (κ2) is 11.1. The molecular weight excluding hydrogens is 557 g/mol. The van der Waals surface area contributed by atoms with Gasteiger partial charge in [-0.3, -0.25) is 4.79 Å². The lowest BCUT2D eigenvalue weighted by Crippen LogP contribution is -2.16. The Morgan fingerprint density at radius 3 is 2.49 bits per heavy atom. The molecule has 8 nitrogen and oxygen atoms in total. The molecule has 0 saturated heterocycles. The molecule has 1 saturated carbocycles. The topological polar surface area (TPSA) is 109 Å². The number of aryl methyl sites for hydroxylation is 1. The maximum absolute atomic E-state index is 15.5. The molecule has 1 aliphatic rings. The Bertz CT molecular complexity index is 1870. The molecule has 43 heavy (non-hydrogen) atoms. The Hall–Kier alpha value is -4.80. The molecule has 0 bridgehead atoms. The predicted molar refractivity (Wildman–Crippen MR) is 154 cm³/mol. The second-order valence-corrected chi connectivity index (χ2v) is 11.1. The van der Waals surface area contributed by atoms with Crippen LogP contribution in [0.3, 0.4) is 0 Å². The Morgan fingerprint density at radius 1 is 0.977 bits per heavy atom. The molecule has 1 fully saturated rings. The summed E-state index contributed by atoms with van der Waals surface area (Å²) in [6, 6.07) is 11.5. The molecule has 0 atom stereocenters. The Morgan fingerprint density at radius 2 is 1.77 bits per heavy atom. The third-order valence-electron chi connectivity index (χ3n) is 8.08. The first kappa shape index (κ1) is 28.3. The standard InChI is InChI=1S/C32H29F3N6O2/c1-3-32(9-10-32)17-41-28(38-27-7-6-26(29(36)42)39-30(27)41)14-20-13-24(35)21(15-23(20)34)25-8-11-37-31(40-25)43-16-19-5-4-18(2)12-22(19)33/h4-8,11-13,15H,3,9-10,14,16-17H2,1-2H3,(H2,36,42). The van der Waals surface area contributed by atoms with E-state index < -0.39 is 23.4 Å². The minimum absolute atomic E-state index is 0.00530. The molecule has 5 aromatic rings. The molecule has 220 valence electrons. The maximum atomic E-state index is 15.5. The number of hydrogen-bond acceptors (Lipinski definition) is 6. The largest absolute Gasteiger partial charge is 0.458 e. The van der Waals surface area contributed by atoms with Gasteiger partial charge in [-0.2, -0.15) is 4.98 Å². The summed E-state index contributed by atoms with van der Waals surface area (Å²) < 4.78 is 52.6. The number of hydrogen-bond donors (Lipinski definition) is 1. The minimum Gasteiger partial charge on any atom is -0.458 e. The molecule has 2 aromatic carbocycles. The van der Waals surface area contributed by atoms with Gasteiger partial charge in [-0.15, -0.1) is 0 Å².